The predicted molar refractivity (Wildman–Crippen MR) is 101 cm³/mol. The van der Waals surface area contributed by atoms with Gasteiger partial charge in [-0.25, -0.2) is 9.59 Å². The zero-order valence-corrected chi connectivity index (χ0v) is 16.3. The number of nitrogens with one attached hydrogen (secondary N) is 2. The summed E-state index contributed by atoms with van der Waals surface area (Å²) < 4.78 is 5.55. The van der Waals surface area contributed by atoms with E-state index >= 15 is 0 Å². The molecule has 0 aliphatic carbocycles. The molecule has 0 heterocycles. The molecule has 0 bridgehead atoms. The number of alkyl carbamates (subject to hydrolysis) is 1. The summed E-state index contributed by atoms with van der Waals surface area (Å²) in [7, 11) is 0. The van der Waals surface area contributed by atoms with Gasteiger partial charge in [0.1, 0.15) is 18.7 Å². The third kappa shape index (κ3) is 7.69. The van der Waals surface area contributed by atoms with Crippen molar-refractivity contribution in [3.63, 3.8) is 0 Å². The number of carboxylic acid groups (broad SMARTS) is 1. The smallest absolute Gasteiger partial charge is 0.408 e. The zero-order chi connectivity index (χ0) is 19.7. The minimum atomic E-state index is -1.19. The van der Waals surface area contributed by atoms with Crippen molar-refractivity contribution in [1.29, 1.82) is 0 Å². The fraction of sp³-hybridized carbons (Fsp3) is 0.389. The van der Waals surface area contributed by atoms with Crippen LogP contribution in [0, 0.1) is 5.92 Å². The molecule has 0 aliphatic heterocycles. The normalized spacial score (nSPS) is 12.8. The molecule has 142 valence electrons. The first kappa shape index (κ1) is 21.7. The Morgan fingerprint density at radius 3 is 2.31 bits per heavy atom. The first-order valence-corrected chi connectivity index (χ1v) is 8.83. The topological polar surface area (TPSA) is 105 Å². The van der Waals surface area contributed by atoms with Crippen molar-refractivity contribution in [2.24, 2.45) is 5.92 Å². The van der Waals surface area contributed by atoms with Crippen LogP contribution in [0.3, 0.4) is 0 Å². The molecule has 0 saturated carbocycles. The van der Waals surface area contributed by atoms with E-state index in [9.17, 15) is 19.5 Å². The van der Waals surface area contributed by atoms with Crippen molar-refractivity contribution in [3.05, 3.63) is 47.0 Å². The average Bonchev–Trinajstić information content (AvgIpc) is 2.57. The number of aliphatic carboxylic acids is 1. The summed E-state index contributed by atoms with van der Waals surface area (Å²) >= 11 is 3.08. The molecule has 2 amide bonds. The number of benzene rings is 1. The van der Waals surface area contributed by atoms with Crippen LogP contribution >= 0.6 is 15.9 Å². The summed E-state index contributed by atoms with van der Waals surface area (Å²) in [6, 6.07) is 7.05. The summed E-state index contributed by atoms with van der Waals surface area (Å²) in [6.07, 6.45) is -0.718. The zero-order valence-electron chi connectivity index (χ0n) is 14.7. The maximum absolute atomic E-state index is 12.4. The number of halogens is 1. The standard InChI is InChI=1S/C18H23BrN2O5/c1-11(2)15(16(22)20-14(17(23)24)9-12(3)19)21-18(25)26-10-13-7-5-4-6-8-13/h4-8,11,14-15H,3,9-10H2,1-2H3,(H,20,22)(H,21,25)(H,23,24)/t14-,15+/m1/s1. The molecule has 0 spiro atoms. The van der Waals surface area contributed by atoms with Gasteiger partial charge in [0, 0.05) is 6.42 Å². The summed E-state index contributed by atoms with van der Waals surface area (Å²) in [5.41, 5.74) is 0.815. The van der Waals surface area contributed by atoms with Crippen molar-refractivity contribution in [1.82, 2.24) is 10.6 Å². The number of amides is 2. The molecule has 7 nitrogen and oxygen atoms in total. The van der Waals surface area contributed by atoms with Gasteiger partial charge in [-0.1, -0.05) is 66.7 Å². The van der Waals surface area contributed by atoms with Gasteiger partial charge in [-0.2, -0.15) is 0 Å². The van der Waals surface area contributed by atoms with Crippen LogP contribution in [-0.2, 0) is 20.9 Å². The maximum atomic E-state index is 12.4. The minimum absolute atomic E-state index is 0.0321. The molecule has 0 radical (unpaired) electrons. The Bertz CT molecular complexity index is 648. The monoisotopic (exact) mass is 426 g/mol. The van der Waals surface area contributed by atoms with Gasteiger partial charge in [-0.3, -0.25) is 4.79 Å². The highest BCUT2D eigenvalue weighted by Crippen LogP contribution is 2.11. The second-order valence-corrected chi connectivity index (χ2v) is 7.17. The Morgan fingerprint density at radius 2 is 1.81 bits per heavy atom. The quantitative estimate of drug-likeness (QED) is 0.562. The first-order valence-electron chi connectivity index (χ1n) is 8.04. The average molecular weight is 427 g/mol. The third-order valence-electron chi connectivity index (χ3n) is 3.48. The van der Waals surface area contributed by atoms with Crippen molar-refractivity contribution >= 4 is 33.9 Å². The van der Waals surface area contributed by atoms with Crippen LogP contribution in [-0.4, -0.2) is 35.2 Å². The number of hydrogen-bond acceptors (Lipinski definition) is 4. The van der Waals surface area contributed by atoms with E-state index in [0.29, 0.717) is 4.48 Å². The minimum Gasteiger partial charge on any atom is -0.480 e. The molecule has 1 aromatic rings. The van der Waals surface area contributed by atoms with E-state index < -0.39 is 30.1 Å². The van der Waals surface area contributed by atoms with Crippen LogP contribution in [0.5, 0.6) is 0 Å². The van der Waals surface area contributed by atoms with E-state index in [2.05, 4.69) is 33.1 Å². The van der Waals surface area contributed by atoms with Crippen LogP contribution in [0.4, 0.5) is 4.79 Å². The van der Waals surface area contributed by atoms with E-state index in [1.165, 1.54) is 0 Å². The van der Waals surface area contributed by atoms with E-state index in [0.717, 1.165) is 5.56 Å². The lowest BCUT2D eigenvalue weighted by Gasteiger charge is -2.23. The summed E-state index contributed by atoms with van der Waals surface area (Å²) in [5, 5.41) is 14.1. The largest absolute Gasteiger partial charge is 0.480 e. The summed E-state index contributed by atoms with van der Waals surface area (Å²) in [5.74, 6) is -2.05. The molecular formula is C18H23BrN2O5. The van der Waals surface area contributed by atoms with Crippen LogP contribution in [0.25, 0.3) is 0 Å². The van der Waals surface area contributed by atoms with Gasteiger partial charge >= 0.3 is 12.1 Å². The molecule has 0 unspecified atom stereocenters. The second-order valence-electron chi connectivity index (χ2n) is 6.05. The fourth-order valence-corrected chi connectivity index (χ4v) is 2.43. The lowest BCUT2D eigenvalue weighted by atomic mass is 10.0. The molecule has 1 aromatic carbocycles. The number of carbonyl (C=O) groups is 3. The lowest BCUT2D eigenvalue weighted by Crippen LogP contribution is -2.53. The molecule has 1 rings (SSSR count). The first-order chi connectivity index (χ1) is 12.2. The Labute approximate surface area is 160 Å². The van der Waals surface area contributed by atoms with Crippen LogP contribution in [0.2, 0.25) is 0 Å². The van der Waals surface area contributed by atoms with Gasteiger partial charge in [-0.05, 0) is 16.0 Å². The maximum Gasteiger partial charge on any atom is 0.408 e. The van der Waals surface area contributed by atoms with Gasteiger partial charge in [-0.15, -0.1) is 0 Å². The molecule has 0 fully saturated rings. The number of rotatable bonds is 9. The molecular weight excluding hydrogens is 404 g/mol. The molecule has 0 saturated heterocycles. The second kappa shape index (κ2) is 10.6. The molecule has 0 aliphatic rings. The van der Waals surface area contributed by atoms with Crippen LogP contribution in [0.1, 0.15) is 25.8 Å². The molecule has 3 N–H and O–H groups in total. The van der Waals surface area contributed by atoms with E-state index in [1.54, 1.807) is 13.8 Å². The molecule has 2 atom stereocenters. The number of carbonyl (C=O) groups excluding carboxylic acids is 2. The van der Waals surface area contributed by atoms with Crippen LogP contribution in [0.15, 0.2) is 41.4 Å². The number of ether oxygens (including phenoxy) is 1. The van der Waals surface area contributed by atoms with E-state index in [-0.39, 0.29) is 18.9 Å². The third-order valence-corrected chi connectivity index (χ3v) is 3.80. The summed E-state index contributed by atoms with van der Waals surface area (Å²) in [6.45, 7) is 7.12. The Balaban J connectivity index is 2.65. The van der Waals surface area contributed by atoms with E-state index in [4.69, 9.17) is 4.74 Å². The Hall–Kier alpha value is -2.35. The van der Waals surface area contributed by atoms with Crippen molar-refractivity contribution in [2.45, 2.75) is 39.0 Å². The highest BCUT2D eigenvalue weighted by molar-refractivity contribution is 9.11. The number of hydrogen-bond donors (Lipinski definition) is 3. The highest BCUT2D eigenvalue weighted by Gasteiger charge is 2.29. The van der Waals surface area contributed by atoms with Gasteiger partial charge in [0.15, 0.2) is 0 Å². The molecule has 8 heteroatoms. The van der Waals surface area contributed by atoms with E-state index in [1.807, 2.05) is 30.3 Å². The fourth-order valence-electron chi connectivity index (χ4n) is 2.11. The van der Waals surface area contributed by atoms with Crippen molar-refractivity contribution < 1.29 is 24.2 Å². The van der Waals surface area contributed by atoms with Gasteiger partial charge < -0.3 is 20.5 Å². The molecule has 0 aromatic heterocycles. The predicted octanol–water partition coefficient (Wildman–Crippen LogP) is 2.81. The summed E-state index contributed by atoms with van der Waals surface area (Å²) in [4.78, 5) is 35.6. The highest BCUT2D eigenvalue weighted by atomic mass is 79.9. The Kier molecular flexibility index (Phi) is 8.84. The van der Waals surface area contributed by atoms with Crippen molar-refractivity contribution in [3.8, 4) is 0 Å². The number of carboxylic acids is 1. The molecule has 26 heavy (non-hydrogen) atoms. The Morgan fingerprint density at radius 1 is 1.19 bits per heavy atom. The van der Waals surface area contributed by atoms with Gasteiger partial charge in [0.25, 0.3) is 0 Å². The SMILES string of the molecule is C=C(Br)C[C@@H](NC(=O)[C@@H](NC(=O)OCc1ccccc1)C(C)C)C(=O)O. The van der Waals surface area contributed by atoms with Crippen LogP contribution < -0.4 is 10.6 Å². The van der Waals surface area contributed by atoms with Gasteiger partial charge in [0.2, 0.25) is 5.91 Å². The van der Waals surface area contributed by atoms with Crippen molar-refractivity contribution in [2.75, 3.05) is 0 Å². The van der Waals surface area contributed by atoms with Gasteiger partial charge in [0.05, 0.1) is 0 Å². The lowest BCUT2D eigenvalue weighted by molar-refractivity contribution is -0.142.